The van der Waals surface area contributed by atoms with Crippen molar-refractivity contribution in [1.29, 1.82) is 0 Å². The lowest BCUT2D eigenvalue weighted by molar-refractivity contribution is 0.0711. The summed E-state index contributed by atoms with van der Waals surface area (Å²) in [6, 6.07) is 7.75. The largest absolute Gasteiger partial charge is 0.392 e. The van der Waals surface area contributed by atoms with Crippen LogP contribution in [0.5, 0.6) is 0 Å². The number of fused-ring (bicyclic) bond motifs is 1. The van der Waals surface area contributed by atoms with Crippen molar-refractivity contribution in [3.05, 3.63) is 59.3 Å². The van der Waals surface area contributed by atoms with E-state index < -0.39 is 0 Å². The number of piperidine rings is 1. The van der Waals surface area contributed by atoms with Gasteiger partial charge in [-0.3, -0.25) is 4.79 Å². The molecule has 0 radical (unpaired) electrons. The number of nitrogens with one attached hydrogen (secondary N) is 1. The van der Waals surface area contributed by atoms with E-state index in [9.17, 15) is 9.90 Å². The molecule has 6 nitrogen and oxygen atoms in total. The van der Waals surface area contributed by atoms with Gasteiger partial charge in [0, 0.05) is 53.4 Å². The molecule has 0 atom stereocenters. The zero-order chi connectivity index (χ0) is 18.1. The number of carbonyl (C=O) groups excluding carboxylic acids is 1. The molecule has 2 aromatic heterocycles. The zero-order valence-corrected chi connectivity index (χ0v) is 14.8. The predicted molar refractivity (Wildman–Crippen MR) is 98.9 cm³/mol. The third-order valence-corrected chi connectivity index (χ3v) is 5.16. The van der Waals surface area contributed by atoms with Crippen LogP contribution in [0.1, 0.15) is 46.2 Å². The third kappa shape index (κ3) is 3.08. The van der Waals surface area contributed by atoms with Crippen LogP contribution in [-0.4, -0.2) is 44.0 Å². The summed E-state index contributed by atoms with van der Waals surface area (Å²) >= 11 is 0. The van der Waals surface area contributed by atoms with Crippen LogP contribution in [-0.2, 0) is 6.61 Å². The summed E-state index contributed by atoms with van der Waals surface area (Å²) < 4.78 is 0. The molecular weight excluding hydrogens is 328 g/mol. The Morgan fingerprint density at radius 3 is 2.88 bits per heavy atom. The standard InChI is InChI=1S/C20H22N4O2/c1-13-22-11-17(12-25)19(23-13)14-5-8-24(9-6-14)20(26)16-2-3-18-15(10-16)4-7-21-18/h2-4,7,10-11,14,21,25H,5-6,8-9,12H2,1H3. The Morgan fingerprint density at radius 2 is 2.12 bits per heavy atom. The SMILES string of the molecule is Cc1ncc(CO)c(C2CCN(C(=O)c3ccc4[nH]ccc4c3)CC2)n1. The number of benzene rings is 1. The molecule has 0 bridgehead atoms. The van der Waals surface area contributed by atoms with E-state index in [4.69, 9.17) is 0 Å². The molecule has 26 heavy (non-hydrogen) atoms. The highest BCUT2D eigenvalue weighted by molar-refractivity contribution is 5.98. The van der Waals surface area contributed by atoms with E-state index in [0.29, 0.717) is 13.1 Å². The molecule has 4 rings (SSSR count). The molecule has 6 heteroatoms. The van der Waals surface area contributed by atoms with Crippen LogP contribution >= 0.6 is 0 Å². The second-order valence-electron chi connectivity index (χ2n) is 6.83. The van der Waals surface area contributed by atoms with Gasteiger partial charge in [-0.25, -0.2) is 9.97 Å². The molecule has 1 aliphatic rings. The van der Waals surface area contributed by atoms with Crippen molar-refractivity contribution in [1.82, 2.24) is 19.9 Å². The van der Waals surface area contributed by atoms with Crippen molar-refractivity contribution in [3.8, 4) is 0 Å². The molecule has 3 heterocycles. The van der Waals surface area contributed by atoms with Gasteiger partial charge in [0.15, 0.2) is 0 Å². The molecule has 1 amide bonds. The van der Waals surface area contributed by atoms with Crippen molar-refractivity contribution in [2.24, 2.45) is 0 Å². The summed E-state index contributed by atoms with van der Waals surface area (Å²) in [5.74, 6) is 1.05. The fourth-order valence-corrected chi connectivity index (χ4v) is 3.71. The minimum Gasteiger partial charge on any atom is -0.392 e. The molecule has 3 aromatic rings. The molecule has 0 unspecified atom stereocenters. The fourth-order valence-electron chi connectivity index (χ4n) is 3.71. The number of aliphatic hydroxyl groups excluding tert-OH is 1. The van der Waals surface area contributed by atoms with Crippen LogP contribution in [0.4, 0.5) is 0 Å². The molecule has 0 saturated carbocycles. The van der Waals surface area contributed by atoms with Crippen LogP contribution in [0.2, 0.25) is 0 Å². The van der Waals surface area contributed by atoms with E-state index >= 15 is 0 Å². The number of aromatic amines is 1. The van der Waals surface area contributed by atoms with Crippen LogP contribution in [0.3, 0.4) is 0 Å². The summed E-state index contributed by atoms with van der Waals surface area (Å²) in [7, 11) is 0. The lowest BCUT2D eigenvalue weighted by Gasteiger charge is -2.32. The second-order valence-corrected chi connectivity index (χ2v) is 6.83. The van der Waals surface area contributed by atoms with E-state index in [1.165, 1.54) is 0 Å². The first-order valence-corrected chi connectivity index (χ1v) is 8.95. The quantitative estimate of drug-likeness (QED) is 0.761. The van der Waals surface area contributed by atoms with Crippen molar-refractivity contribution < 1.29 is 9.90 Å². The van der Waals surface area contributed by atoms with Gasteiger partial charge in [0.1, 0.15) is 5.82 Å². The third-order valence-electron chi connectivity index (χ3n) is 5.16. The van der Waals surface area contributed by atoms with E-state index in [0.717, 1.165) is 46.4 Å². The number of likely N-dealkylation sites (tertiary alicyclic amines) is 1. The highest BCUT2D eigenvalue weighted by atomic mass is 16.3. The number of nitrogens with zero attached hydrogens (tertiary/aromatic N) is 3. The van der Waals surface area contributed by atoms with Gasteiger partial charge in [-0.05, 0) is 44.0 Å². The van der Waals surface area contributed by atoms with Gasteiger partial charge >= 0.3 is 0 Å². The number of aromatic nitrogens is 3. The molecular formula is C20H22N4O2. The number of aliphatic hydroxyl groups is 1. The number of hydrogen-bond acceptors (Lipinski definition) is 4. The Bertz CT molecular complexity index is 942. The van der Waals surface area contributed by atoms with Gasteiger partial charge in [0.25, 0.3) is 5.91 Å². The van der Waals surface area contributed by atoms with Gasteiger partial charge in [-0.2, -0.15) is 0 Å². The summed E-state index contributed by atoms with van der Waals surface area (Å²) in [5, 5.41) is 10.6. The number of amides is 1. The first-order valence-electron chi connectivity index (χ1n) is 8.95. The lowest BCUT2D eigenvalue weighted by atomic mass is 9.90. The lowest BCUT2D eigenvalue weighted by Crippen LogP contribution is -2.38. The molecule has 0 aliphatic carbocycles. The zero-order valence-electron chi connectivity index (χ0n) is 14.8. The predicted octanol–water partition coefficient (Wildman–Crippen LogP) is 2.78. The Balaban J connectivity index is 1.48. The maximum atomic E-state index is 12.8. The van der Waals surface area contributed by atoms with Crippen LogP contribution in [0, 0.1) is 6.92 Å². The molecule has 134 valence electrons. The first kappa shape index (κ1) is 16.7. The van der Waals surface area contributed by atoms with Gasteiger partial charge < -0.3 is 15.0 Å². The first-order chi connectivity index (χ1) is 12.7. The van der Waals surface area contributed by atoms with Crippen LogP contribution < -0.4 is 0 Å². The number of carbonyl (C=O) groups is 1. The minimum atomic E-state index is -0.0502. The Hall–Kier alpha value is -2.73. The molecule has 0 spiro atoms. The van der Waals surface area contributed by atoms with E-state index in [1.807, 2.05) is 42.3 Å². The Morgan fingerprint density at radius 1 is 1.31 bits per heavy atom. The normalized spacial score (nSPS) is 15.5. The smallest absolute Gasteiger partial charge is 0.253 e. The maximum Gasteiger partial charge on any atom is 0.253 e. The molecule has 1 fully saturated rings. The van der Waals surface area contributed by atoms with Crippen LogP contribution in [0.15, 0.2) is 36.7 Å². The van der Waals surface area contributed by atoms with E-state index in [2.05, 4.69) is 15.0 Å². The number of hydrogen-bond donors (Lipinski definition) is 2. The fraction of sp³-hybridized carbons (Fsp3) is 0.350. The molecule has 1 aliphatic heterocycles. The van der Waals surface area contributed by atoms with Crippen LogP contribution in [0.25, 0.3) is 10.9 Å². The summed E-state index contributed by atoms with van der Waals surface area (Å²) in [5.41, 5.74) is 3.49. The number of H-pyrrole nitrogens is 1. The van der Waals surface area contributed by atoms with Crippen molar-refractivity contribution in [3.63, 3.8) is 0 Å². The monoisotopic (exact) mass is 350 g/mol. The van der Waals surface area contributed by atoms with Gasteiger partial charge in [-0.1, -0.05) is 0 Å². The minimum absolute atomic E-state index is 0.0502. The Kier molecular flexibility index (Phi) is 4.42. The van der Waals surface area contributed by atoms with Gasteiger partial charge in [0.2, 0.25) is 0 Å². The number of rotatable bonds is 3. The summed E-state index contributed by atoms with van der Waals surface area (Å²) in [6.45, 7) is 3.21. The topological polar surface area (TPSA) is 82.1 Å². The number of aryl methyl sites for hydroxylation is 1. The van der Waals surface area contributed by atoms with Gasteiger partial charge in [-0.15, -0.1) is 0 Å². The van der Waals surface area contributed by atoms with E-state index in [-0.39, 0.29) is 18.4 Å². The average molecular weight is 350 g/mol. The summed E-state index contributed by atoms with van der Waals surface area (Å²) in [6.07, 6.45) is 5.29. The summed E-state index contributed by atoms with van der Waals surface area (Å²) in [4.78, 5) is 26.6. The van der Waals surface area contributed by atoms with E-state index in [1.54, 1.807) is 6.20 Å². The molecule has 2 N–H and O–H groups in total. The highest BCUT2D eigenvalue weighted by Crippen LogP contribution is 2.30. The van der Waals surface area contributed by atoms with Crippen molar-refractivity contribution in [2.75, 3.05) is 13.1 Å². The average Bonchev–Trinajstić information content (AvgIpc) is 3.15. The van der Waals surface area contributed by atoms with Crippen molar-refractivity contribution in [2.45, 2.75) is 32.3 Å². The molecule has 1 aromatic carbocycles. The molecule has 1 saturated heterocycles. The highest BCUT2D eigenvalue weighted by Gasteiger charge is 2.27. The van der Waals surface area contributed by atoms with Gasteiger partial charge in [0.05, 0.1) is 12.3 Å². The maximum absolute atomic E-state index is 12.8. The Labute approximate surface area is 151 Å². The van der Waals surface area contributed by atoms with Crippen molar-refractivity contribution >= 4 is 16.8 Å². The second kappa shape index (κ2) is 6.88.